The molecule has 5 rings (SSSR count). The van der Waals surface area contributed by atoms with Crippen LogP contribution in [-0.4, -0.2) is 69.5 Å². The lowest BCUT2D eigenvalue weighted by atomic mass is 10.0. The summed E-state index contributed by atoms with van der Waals surface area (Å²) in [4.78, 5) is 17.8. The highest BCUT2D eigenvalue weighted by molar-refractivity contribution is 7.89. The number of fused-ring (bicyclic) bond motifs is 2. The van der Waals surface area contributed by atoms with Crippen LogP contribution in [0.1, 0.15) is 43.9 Å². The van der Waals surface area contributed by atoms with Crippen LogP contribution in [0.25, 0.3) is 0 Å². The number of carbonyl (C=O) groups excluding carboxylic acids is 1. The molecule has 8 nitrogen and oxygen atoms in total. The monoisotopic (exact) mass is 499 g/mol. The minimum atomic E-state index is -3.50. The van der Waals surface area contributed by atoms with Crippen molar-refractivity contribution in [2.24, 2.45) is 0 Å². The zero-order valence-electron chi connectivity index (χ0n) is 20.4. The first-order chi connectivity index (χ1) is 16.9. The van der Waals surface area contributed by atoms with E-state index in [2.05, 4.69) is 4.90 Å². The molecule has 3 heterocycles. The molecular formula is C26H33N3O5S. The Hall–Kier alpha value is -2.78. The smallest absolute Gasteiger partial charge is 0.243 e. The van der Waals surface area contributed by atoms with Gasteiger partial charge in [0, 0.05) is 31.9 Å². The van der Waals surface area contributed by atoms with Gasteiger partial charge in [0.1, 0.15) is 13.2 Å². The van der Waals surface area contributed by atoms with E-state index in [1.165, 1.54) is 4.31 Å². The SMILES string of the molecule is CCN(CC)S(=O)(=O)c1ccc2c(c1)CCN2CC(=O)N1CCCC1c1ccc2c(c1)OCCO2. The third kappa shape index (κ3) is 4.47. The second-order valence-corrected chi connectivity index (χ2v) is 11.1. The van der Waals surface area contributed by atoms with E-state index < -0.39 is 10.0 Å². The molecule has 0 saturated carbocycles. The number of carbonyl (C=O) groups is 1. The Labute approximate surface area is 207 Å². The molecule has 1 saturated heterocycles. The van der Waals surface area contributed by atoms with Gasteiger partial charge in [-0.05, 0) is 60.7 Å². The maximum Gasteiger partial charge on any atom is 0.243 e. The van der Waals surface area contributed by atoms with Crippen LogP contribution >= 0.6 is 0 Å². The van der Waals surface area contributed by atoms with Crippen LogP contribution in [0.4, 0.5) is 5.69 Å². The summed E-state index contributed by atoms with van der Waals surface area (Å²) >= 11 is 0. The van der Waals surface area contributed by atoms with E-state index in [4.69, 9.17) is 9.47 Å². The van der Waals surface area contributed by atoms with Gasteiger partial charge in [-0.1, -0.05) is 19.9 Å². The van der Waals surface area contributed by atoms with Gasteiger partial charge in [0.25, 0.3) is 0 Å². The number of ether oxygens (including phenoxy) is 2. The first kappa shape index (κ1) is 23.9. The van der Waals surface area contributed by atoms with E-state index in [0.717, 1.165) is 54.1 Å². The third-order valence-corrected chi connectivity index (χ3v) is 9.28. The van der Waals surface area contributed by atoms with Gasteiger partial charge in [0.2, 0.25) is 15.9 Å². The molecule has 1 amide bonds. The summed E-state index contributed by atoms with van der Waals surface area (Å²) in [6.07, 6.45) is 2.62. The average molecular weight is 500 g/mol. The molecule has 0 spiro atoms. The fourth-order valence-electron chi connectivity index (χ4n) is 5.42. The van der Waals surface area contributed by atoms with Gasteiger partial charge in [-0.3, -0.25) is 4.79 Å². The van der Waals surface area contributed by atoms with Crippen LogP contribution in [0.2, 0.25) is 0 Å². The molecule has 2 aromatic carbocycles. The van der Waals surface area contributed by atoms with E-state index in [1.807, 2.05) is 43.0 Å². The van der Waals surface area contributed by atoms with Gasteiger partial charge in [-0.15, -0.1) is 0 Å². The lowest BCUT2D eigenvalue weighted by Gasteiger charge is -2.29. The Kier molecular flexibility index (Phi) is 6.63. The van der Waals surface area contributed by atoms with Crippen molar-refractivity contribution in [3.05, 3.63) is 47.5 Å². The van der Waals surface area contributed by atoms with Crippen molar-refractivity contribution in [3.8, 4) is 11.5 Å². The maximum absolute atomic E-state index is 13.4. The summed E-state index contributed by atoms with van der Waals surface area (Å²) in [6.45, 7) is 7.40. The Balaban J connectivity index is 1.30. The van der Waals surface area contributed by atoms with Crippen molar-refractivity contribution in [2.75, 3.05) is 50.8 Å². The Morgan fingerprint density at radius 2 is 1.80 bits per heavy atom. The molecule has 1 fully saturated rings. The van der Waals surface area contributed by atoms with Crippen LogP contribution in [0.15, 0.2) is 41.3 Å². The zero-order valence-corrected chi connectivity index (χ0v) is 21.2. The van der Waals surface area contributed by atoms with E-state index in [9.17, 15) is 13.2 Å². The summed E-state index contributed by atoms with van der Waals surface area (Å²) in [5.41, 5.74) is 3.01. The van der Waals surface area contributed by atoms with E-state index in [-0.39, 0.29) is 18.5 Å². The summed E-state index contributed by atoms with van der Waals surface area (Å²) in [5.74, 6) is 1.60. The molecule has 1 unspecified atom stereocenters. The molecule has 1 atom stereocenters. The number of rotatable bonds is 7. The number of anilines is 1. The molecule has 3 aliphatic rings. The Morgan fingerprint density at radius 3 is 2.57 bits per heavy atom. The molecule has 9 heteroatoms. The summed E-state index contributed by atoms with van der Waals surface area (Å²) in [7, 11) is -3.50. The van der Waals surface area contributed by atoms with Crippen molar-refractivity contribution in [1.29, 1.82) is 0 Å². The molecule has 3 aliphatic heterocycles. The van der Waals surface area contributed by atoms with Crippen molar-refractivity contribution < 1.29 is 22.7 Å². The van der Waals surface area contributed by atoms with Crippen molar-refractivity contribution in [1.82, 2.24) is 9.21 Å². The first-order valence-electron chi connectivity index (χ1n) is 12.5. The molecule has 35 heavy (non-hydrogen) atoms. The van der Waals surface area contributed by atoms with Crippen LogP contribution < -0.4 is 14.4 Å². The molecule has 2 aromatic rings. The van der Waals surface area contributed by atoms with Crippen LogP contribution in [-0.2, 0) is 21.2 Å². The van der Waals surface area contributed by atoms with Crippen LogP contribution in [0.5, 0.6) is 11.5 Å². The molecular weight excluding hydrogens is 466 g/mol. The molecule has 0 N–H and O–H groups in total. The molecule has 0 aromatic heterocycles. The highest BCUT2D eigenvalue weighted by atomic mass is 32.2. The largest absolute Gasteiger partial charge is 0.486 e. The topological polar surface area (TPSA) is 79.4 Å². The summed E-state index contributed by atoms with van der Waals surface area (Å²) in [6, 6.07) is 11.3. The lowest BCUT2D eigenvalue weighted by Crippen LogP contribution is -2.39. The van der Waals surface area contributed by atoms with Crippen LogP contribution in [0.3, 0.4) is 0 Å². The number of sulfonamides is 1. The molecule has 0 radical (unpaired) electrons. The number of hydrogen-bond donors (Lipinski definition) is 0. The minimum absolute atomic E-state index is 0.0296. The van der Waals surface area contributed by atoms with Gasteiger partial charge >= 0.3 is 0 Å². The number of likely N-dealkylation sites (tertiary alicyclic amines) is 1. The van der Waals surface area contributed by atoms with Gasteiger partial charge < -0.3 is 19.3 Å². The van der Waals surface area contributed by atoms with Gasteiger partial charge in [-0.2, -0.15) is 4.31 Å². The quantitative estimate of drug-likeness (QED) is 0.582. The van der Waals surface area contributed by atoms with E-state index in [0.29, 0.717) is 37.7 Å². The predicted molar refractivity (Wildman–Crippen MR) is 134 cm³/mol. The predicted octanol–water partition coefficient (Wildman–Crippen LogP) is 3.21. The number of hydrogen-bond acceptors (Lipinski definition) is 6. The van der Waals surface area contributed by atoms with Crippen molar-refractivity contribution >= 4 is 21.6 Å². The maximum atomic E-state index is 13.4. The van der Waals surface area contributed by atoms with Crippen LogP contribution in [0, 0.1) is 0 Å². The standard InChI is InChI=1S/C26H33N3O5S/c1-3-28(4-2)35(31,32)21-8-9-22-20(16-21)11-13-27(22)18-26(30)29-12-5-6-23(29)19-7-10-24-25(17-19)34-15-14-33-24/h7-10,16-17,23H,3-6,11-15,18H2,1-2H3. The number of amides is 1. The molecule has 0 aliphatic carbocycles. The van der Waals surface area contributed by atoms with E-state index in [1.54, 1.807) is 12.1 Å². The number of nitrogens with zero attached hydrogens (tertiary/aromatic N) is 3. The minimum Gasteiger partial charge on any atom is -0.486 e. The summed E-state index contributed by atoms with van der Waals surface area (Å²) in [5, 5.41) is 0. The van der Waals surface area contributed by atoms with Gasteiger partial charge in [0.05, 0.1) is 17.5 Å². The summed E-state index contributed by atoms with van der Waals surface area (Å²) < 4.78 is 38.7. The highest BCUT2D eigenvalue weighted by Gasteiger charge is 2.33. The fraction of sp³-hybridized carbons (Fsp3) is 0.500. The van der Waals surface area contributed by atoms with Gasteiger partial charge in [0.15, 0.2) is 11.5 Å². The Bertz CT molecular complexity index is 1210. The second kappa shape index (κ2) is 9.70. The highest BCUT2D eigenvalue weighted by Crippen LogP contribution is 2.38. The fourth-order valence-corrected chi connectivity index (χ4v) is 6.93. The molecule has 188 valence electrons. The Morgan fingerprint density at radius 1 is 1.03 bits per heavy atom. The van der Waals surface area contributed by atoms with Crippen molar-refractivity contribution in [2.45, 2.75) is 44.0 Å². The zero-order chi connectivity index (χ0) is 24.6. The third-order valence-electron chi connectivity index (χ3n) is 7.24. The first-order valence-corrected chi connectivity index (χ1v) is 13.9. The second-order valence-electron chi connectivity index (χ2n) is 9.20. The average Bonchev–Trinajstić information content (AvgIpc) is 3.52. The lowest BCUT2D eigenvalue weighted by molar-refractivity contribution is -0.130. The molecule has 0 bridgehead atoms. The normalized spacial score (nSPS) is 19.3. The van der Waals surface area contributed by atoms with E-state index >= 15 is 0 Å². The number of benzene rings is 2. The van der Waals surface area contributed by atoms with Crippen molar-refractivity contribution in [3.63, 3.8) is 0 Å². The van der Waals surface area contributed by atoms with Gasteiger partial charge in [-0.25, -0.2) is 8.42 Å².